The minimum absolute atomic E-state index is 0.645. The van der Waals surface area contributed by atoms with Gasteiger partial charge in [-0.15, -0.1) is 0 Å². The highest BCUT2D eigenvalue weighted by atomic mass is 15.3. The Kier molecular flexibility index (Phi) is 3.96. The van der Waals surface area contributed by atoms with Gasteiger partial charge in [0.15, 0.2) is 0 Å². The van der Waals surface area contributed by atoms with Gasteiger partial charge < -0.3 is 5.32 Å². The van der Waals surface area contributed by atoms with E-state index < -0.39 is 0 Å². The first-order valence-electron chi connectivity index (χ1n) is 6.22. The van der Waals surface area contributed by atoms with Crippen LogP contribution in [0.1, 0.15) is 25.5 Å². The molecule has 0 aliphatic carbocycles. The van der Waals surface area contributed by atoms with Gasteiger partial charge in [-0.1, -0.05) is 6.92 Å². The summed E-state index contributed by atoms with van der Waals surface area (Å²) in [5.74, 6) is 0. The van der Waals surface area contributed by atoms with Gasteiger partial charge in [0.05, 0.1) is 5.69 Å². The molecule has 0 spiro atoms. The van der Waals surface area contributed by atoms with Gasteiger partial charge in [-0.3, -0.25) is 9.58 Å². The van der Waals surface area contributed by atoms with Gasteiger partial charge in [-0.25, -0.2) is 0 Å². The normalized spacial score (nSPS) is 23.2. The van der Waals surface area contributed by atoms with E-state index in [2.05, 4.69) is 28.3 Å². The molecule has 2 rings (SSSR count). The Labute approximate surface area is 97.6 Å². The molecule has 2 heterocycles. The maximum absolute atomic E-state index is 4.44. The van der Waals surface area contributed by atoms with Crippen molar-refractivity contribution in [2.45, 2.75) is 32.4 Å². The van der Waals surface area contributed by atoms with Crippen LogP contribution in [0.4, 0.5) is 0 Å². The largest absolute Gasteiger partial charge is 0.313 e. The third-order valence-electron chi connectivity index (χ3n) is 3.21. The van der Waals surface area contributed by atoms with Gasteiger partial charge in [0, 0.05) is 32.4 Å². The third kappa shape index (κ3) is 3.06. The monoisotopic (exact) mass is 222 g/mol. The van der Waals surface area contributed by atoms with E-state index in [1.54, 1.807) is 0 Å². The summed E-state index contributed by atoms with van der Waals surface area (Å²) in [7, 11) is 1.97. The molecule has 0 bridgehead atoms. The second-order valence-electron chi connectivity index (χ2n) is 4.63. The summed E-state index contributed by atoms with van der Waals surface area (Å²) in [4.78, 5) is 2.51. The van der Waals surface area contributed by atoms with Crippen molar-refractivity contribution in [1.82, 2.24) is 20.0 Å². The zero-order valence-electron chi connectivity index (χ0n) is 10.3. The van der Waals surface area contributed by atoms with Crippen molar-refractivity contribution in [3.8, 4) is 0 Å². The number of hydrogen-bond acceptors (Lipinski definition) is 3. The maximum Gasteiger partial charge on any atom is 0.0764 e. The quantitative estimate of drug-likeness (QED) is 0.828. The van der Waals surface area contributed by atoms with Crippen LogP contribution in [0.2, 0.25) is 0 Å². The van der Waals surface area contributed by atoms with E-state index in [4.69, 9.17) is 0 Å². The highest BCUT2D eigenvalue weighted by Gasteiger charge is 2.16. The van der Waals surface area contributed by atoms with Crippen molar-refractivity contribution in [2.24, 2.45) is 7.05 Å². The summed E-state index contributed by atoms with van der Waals surface area (Å²) in [6, 6.07) is 2.76. The van der Waals surface area contributed by atoms with Gasteiger partial charge in [0.2, 0.25) is 0 Å². The maximum atomic E-state index is 4.44. The van der Waals surface area contributed by atoms with Crippen LogP contribution >= 0.6 is 0 Å². The molecular weight excluding hydrogens is 200 g/mol. The number of rotatable bonds is 3. The zero-order valence-corrected chi connectivity index (χ0v) is 10.3. The standard InChI is InChI=1S/C12H22N4/c1-3-11-9-16(7-4-6-13-11)10-12-5-8-15(2)14-12/h5,8,11,13H,3-4,6-7,9-10H2,1-2H3. The molecule has 90 valence electrons. The van der Waals surface area contributed by atoms with Crippen molar-refractivity contribution in [3.63, 3.8) is 0 Å². The van der Waals surface area contributed by atoms with Crippen LogP contribution in [0, 0.1) is 0 Å². The van der Waals surface area contributed by atoms with E-state index >= 15 is 0 Å². The molecule has 1 aliphatic heterocycles. The van der Waals surface area contributed by atoms with E-state index in [0.29, 0.717) is 6.04 Å². The van der Waals surface area contributed by atoms with E-state index in [-0.39, 0.29) is 0 Å². The van der Waals surface area contributed by atoms with Crippen molar-refractivity contribution in [2.75, 3.05) is 19.6 Å². The van der Waals surface area contributed by atoms with Crippen LogP contribution < -0.4 is 5.32 Å². The Morgan fingerprint density at radius 3 is 3.12 bits per heavy atom. The van der Waals surface area contributed by atoms with Gasteiger partial charge in [0.1, 0.15) is 0 Å². The van der Waals surface area contributed by atoms with E-state index in [1.807, 2.05) is 17.9 Å². The topological polar surface area (TPSA) is 33.1 Å². The van der Waals surface area contributed by atoms with Gasteiger partial charge in [-0.2, -0.15) is 5.10 Å². The van der Waals surface area contributed by atoms with E-state index in [0.717, 1.165) is 19.6 Å². The second kappa shape index (κ2) is 5.46. The molecule has 1 fully saturated rings. The average molecular weight is 222 g/mol. The van der Waals surface area contributed by atoms with Crippen LogP contribution in [0.3, 0.4) is 0 Å². The van der Waals surface area contributed by atoms with Crippen LogP contribution in [-0.4, -0.2) is 40.4 Å². The summed E-state index contributed by atoms with van der Waals surface area (Å²) in [6.45, 7) is 6.71. The van der Waals surface area contributed by atoms with Gasteiger partial charge in [-0.05, 0) is 32.0 Å². The minimum Gasteiger partial charge on any atom is -0.313 e. The van der Waals surface area contributed by atoms with Crippen LogP contribution in [0.15, 0.2) is 12.3 Å². The first-order valence-corrected chi connectivity index (χ1v) is 6.22. The minimum atomic E-state index is 0.645. The molecule has 4 nitrogen and oxygen atoms in total. The zero-order chi connectivity index (χ0) is 11.4. The molecule has 1 aliphatic rings. The molecule has 1 atom stereocenters. The fourth-order valence-corrected chi connectivity index (χ4v) is 2.27. The Hall–Kier alpha value is -0.870. The molecule has 1 aromatic rings. The molecule has 0 saturated carbocycles. The third-order valence-corrected chi connectivity index (χ3v) is 3.21. The fourth-order valence-electron chi connectivity index (χ4n) is 2.27. The smallest absolute Gasteiger partial charge is 0.0764 e. The van der Waals surface area contributed by atoms with Crippen molar-refractivity contribution in [1.29, 1.82) is 0 Å². The number of nitrogens with zero attached hydrogens (tertiary/aromatic N) is 3. The van der Waals surface area contributed by atoms with Gasteiger partial charge >= 0.3 is 0 Å². The van der Waals surface area contributed by atoms with Crippen molar-refractivity contribution >= 4 is 0 Å². The predicted molar refractivity (Wildman–Crippen MR) is 65.2 cm³/mol. The lowest BCUT2D eigenvalue weighted by Gasteiger charge is -2.22. The number of hydrogen-bond donors (Lipinski definition) is 1. The van der Waals surface area contributed by atoms with Crippen LogP contribution in [0.5, 0.6) is 0 Å². The lowest BCUT2D eigenvalue weighted by Crippen LogP contribution is -2.36. The van der Waals surface area contributed by atoms with Crippen molar-refractivity contribution in [3.05, 3.63) is 18.0 Å². The first-order chi connectivity index (χ1) is 7.78. The van der Waals surface area contributed by atoms with Crippen molar-refractivity contribution < 1.29 is 0 Å². The Morgan fingerprint density at radius 2 is 2.44 bits per heavy atom. The van der Waals surface area contributed by atoms with Crippen LogP contribution in [0.25, 0.3) is 0 Å². The van der Waals surface area contributed by atoms with Crippen LogP contribution in [-0.2, 0) is 13.6 Å². The molecule has 16 heavy (non-hydrogen) atoms. The Balaban J connectivity index is 1.92. The highest BCUT2D eigenvalue weighted by molar-refractivity contribution is 4.98. The average Bonchev–Trinajstić information content (AvgIpc) is 2.55. The molecule has 1 aromatic heterocycles. The summed E-state index contributed by atoms with van der Waals surface area (Å²) in [5, 5.41) is 8.03. The van der Waals surface area contributed by atoms with Gasteiger partial charge in [0.25, 0.3) is 0 Å². The molecule has 0 aromatic carbocycles. The number of aromatic nitrogens is 2. The predicted octanol–water partition coefficient (Wildman–Crippen LogP) is 0.994. The second-order valence-corrected chi connectivity index (χ2v) is 4.63. The summed E-state index contributed by atoms with van der Waals surface area (Å²) >= 11 is 0. The molecule has 1 unspecified atom stereocenters. The number of aryl methyl sites for hydroxylation is 1. The molecule has 1 saturated heterocycles. The molecular formula is C12H22N4. The molecule has 0 radical (unpaired) electrons. The van der Waals surface area contributed by atoms with E-state index in [1.165, 1.54) is 25.1 Å². The SMILES string of the molecule is CCC1CN(Cc2ccn(C)n2)CCCN1. The fraction of sp³-hybridized carbons (Fsp3) is 0.750. The summed E-state index contributed by atoms with van der Waals surface area (Å²) < 4.78 is 1.88. The Bertz CT molecular complexity index is 321. The highest BCUT2D eigenvalue weighted by Crippen LogP contribution is 2.07. The molecule has 4 heteroatoms. The Morgan fingerprint density at radius 1 is 1.56 bits per heavy atom. The van der Waals surface area contributed by atoms with E-state index in [9.17, 15) is 0 Å². The molecule has 0 amide bonds. The lowest BCUT2D eigenvalue weighted by molar-refractivity contribution is 0.254. The number of nitrogens with one attached hydrogen (secondary N) is 1. The summed E-state index contributed by atoms with van der Waals surface area (Å²) in [5.41, 5.74) is 1.18. The first kappa shape index (κ1) is 11.6. The lowest BCUT2D eigenvalue weighted by atomic mass is 10.2. The molecule has 1 N–H and O–H groups in total. The summed E-state index contributed by atoms with van der Waals surface area (Å²) in [6.07, 6.45) is 4.46.